The molecule has 1 aromatic rings. The molecule has 2 N–H and O–H groups in total. The van der Waals surface area contributed by atoms with Gasteiger partial charge in [0.1, 0.15) is 5.82 Å². The van der Waals surface area contributed by atoms with Gasteiger partial charge in [0, 0.05) is 5.69 Å². The molecule has 0 heterocycles. The minimum Gasteiger partial charge on any atom is -0.325 e. The van der Waals surface area contributed by atoms with Gasteiger partial charge in [-0.05, 0) is 18.2 Å². The van der Waals surface area contributed by atoms with Gasteiger partial charge in [0.2, 0.25) is 5.91 Å². The fraction of sp³-hybridized carbons (Fsp3) is 0.250. The first-order chi connectivity index (χ1) is 8.84. The zero-order valence-corrected chi connectivity index (χ0v) is 9.64. The highest BCUT2D eigenvalue weighted by atomic mass is 19.4. The molecule has 0 aliphatic carbocycles. The van der Waals surface area contributed by atoms with E-state index in [1.54, 1.807) is 0 Å². The average Bonchev–Trinajstić information content (AvgIpc) is 2.30. The lowest BCUT2D eigenvalue weighted by molar-refractivity contribution is -0.140. The largest absolute Gasteiger partial charge is 0.419 e. The number of carbonyl (C=O) groups is 1. The van der Waals surface area contributed by atoms with Crippen molar-refractivity contribution in [3.05, 3.63) is 29.6 Å². The van der Waals surface area contributed by atoms with Gasteiger partial charge in [-0.15, -0.1) is 6.42 Å². The number of benzene rings is 1. The molecule has 0 aromatic heterocycles. The molecule has 0 saturated heterocycles. The molecule has 0 bridgehead atoms. The smallest absolute Gasteiger partial charge is 0.325 e. The molecule has 102 valence electrons. The first-order valence-corrected chi connectivity index (χ1v) is 5.15. The van der Waals surface area contributed by atoms with Crippen molar-refractivity contribution >= 4 is 11.6 Å². The zero-order chi connectivity index (χ0) is 14.5. The van der Waals surface area contributed by atoms with E-state index < -0.39 is 23.5 Å². The van der Waals surface area contributed by atoms with Crippen molar-refractivity contribution in [3.63, 3.8) is 0 Å². The van der Waals surface area contributed by atoms with Gasteiger partial charge >= 0.3 is 6.18 Å². The van der Waals surface area contributed by atoms with Crippen LogP contribution in [0.2, 0.25) is 0 Å². The third-order valence-corrected chi connectivity index (χ3v) is 2.07. The topological polar surface area (TPSA) is 41.1 Å². The maximum Gasteiger partial charge on any atom is 0.419 e. The number of terminal acetylenes is 1. The first kappa shape index (κ1) is 15.0. The minimum absolute atomic E-state index is 0.138. The molecule has 0 unspecified atom stereocenters. The van der Waals surface area contributed by atoms with Gasteiger partial charge in [-0.3, -0.25) is 10.1 Å². The van der Waals surface area contributed by atoms with E-state index in [1.807, 2.05) is 0 Å². The van der Waals surface area contributed by atoms with Crippen molar-refractivity contribution in [3.8, 4) is 12.3 Å². The van der Waals surface area contributed by atoms with Gasteiger partial charge in [0.15, 0.2) is 0 Å². The number of anilines is 1. The molecule has 19 heavy (non-hydrogen) atoms. The van der Waals surface area contributed by atoms with Crippen molar-refractivity contribution in [2.45, 2.75) is 6.18 Å². The Balaban J connectivity index is 2.75. The summed E-state index contributed by atoms with van der Waals surface area (Å²) < 4.78 is 50.3. The Bertz CT molecular complexity index is 505. The third kappa shape index (κ3) is 4.60. The van der Waals surface area contributed by atoms with Gasteiger partial charge in [-0.2, -0.15) is 13.2 Å². The molecular formula is C12H10F4N2O. The van der Waals surface area contributed by atoms with Crippen LogP contribution in [0.1, 0.15) is 5.56 Å². The Morgan fingerprint density at radius 1 is 1.37 bits per heavy atom. The lowest BCUT2D eigenvalue weighted by Gasteiger charge is -2.11. The quantitative estimate of drug-likeness (QED) is 0.501. The van der Waals surface area contributed by atoms with Crippen LogP contribution in [0.5, 0.6) is 0 Å². The van der Waals surface area contributed by atoms with E-state index in [9.17, 15) is 22.4 Å². The van der Waals surface area contributed by atoms with E-state index in [4.69, 9.17) is 6.42 Å². The van der Waals surface area contributed by atoms with Crippen LogP contribution in [0.3, 0.4) is 0 Å². The molecule has 1 rings (SSSR count). The van der Waals surface area contributed by atoms with Crippen molar-refractivity contribution in [1.29, 1.82) is 0 Å². The monoisotopic (exact) mass is 274 g/mol. The normalized spacial score (nSPS) is 10.9. The highest BCUT2D eigenvalue weighted by Crippen LogP contribution is 2.32. The predicted molar refractivity (Wildman–Crippen MR) is 61.7 cm³/mol. The maximum absolute atomic E-state index is 13.0. The van der Waals surface area contributed by atoms with Crippen LogP contribution in [-0.4, -0.2) is 19.0 Å². The first-order valence-electron chi connectivity index (χ1n) is 5.15. The van der Waals surface area contributed by atoms with Crippen LogP contribution in [0.4, 0.5) is 23.2 Å². The Kier molecular flexibility index (Phi) is 4.89. The summed E-state index contributed by atoms with van der Waals surface area (Å²) in [6.07, 6.45) is 0.128. The summed E-state index contributed by atoms with van der Waals surface area (Å²) in [7, 11) is 0. The summed E-state index contributed by atoms with van der Waals surface area (Å²) in [5, 5.41) is 4.77. The zero-order valence-electron chi connectivity index (χ0n) is 9.64. The van der Waals surface area contributed by atoms with Crippen molar-refractivity contribution < 1.29 is 22.4 Å². The summed E-state index contributed by atoms with van der Waals surface area (Å²) in [5.74, 6) is 0.267. The molecule has 7 heteroatoms. The molecule has 1 aromatic carbocycles. The standard InChI is InChI=1S/C12H10F4N2O/c1-2-5-17-7-11(19)18-8-3-4-10(13)9(6-8)12(14,15)16/h1,3-4,6,17H,5,7H2,(H,18,19). The molecule has 0 atom stereocenters. The minimum atomic E-state index is -4.81. The van der Waals surface area contributed by atoms with Crippen LogP contribution < -0.4 is 10.6 Å². The number of carbonyl (C=O) groups excluding carboxylic acids is 1. The van der Waals surface area contributed by atoms with Gasteiger partial charge in [0.25, 0.3) is 0 Å². The SMILES string of the molecule is C#CCNCC(=O)Nc1ccc(F)c(C(F)(F)F)c1. The van der Waals surface area contributed by atoms with Crippen LogP contribution in [0.25, 0.3) is 0 Å². The van der Waals surface area contributed by atoms with Crippen LogP contribution >= 0.6 is 0 Å². The Morgan fingerprint density at radius 3 is 2.63 bits per heavy atom. The fourth-order valence-electron chi connectivity index (χ4n) is 1.27. The van der Waals surface area contributed by atoms with Crippen molar-refractivity contribution in [2.75, 3.05) is 18.4 Å². The number of halogens is 4. The van der Waals surface area contributed by atoms with E-state index in [2.05, 4.69) is 16.6 Å². The third-order valence-electron chi connectivity index (χ3n) is 2.07. The van der Waals surface area contributed by atoms with Crippen LogP contribution in [0.15, 0.2) is 18.2 Å². The summed E-state index contributed by atoms with van der Waals surface area (Å²) in [4.78, 5) is 11.3. The molecule has 0 aliphatic rings. The van der Waals surface area contributed by atoms with Crippen molar-refractivity contribution in [1.82, 2.24) is 5.32 Å². The summed E-state index contributed by atoms with van der Waals surface area (Å²) in [6.45, 7) is 0.00751. The molecule has 3 nitrogen and oxygen atoms in total. The molecule has 0 radical (unpaired) electrons. The van der Waals surface area contributed by atoms with E-state index in [1.165, 1.54) is 0 Å². The molecule has 0 spiro atoms. The fourth-order valence-corrected chi connectivity index (χ4v) is 1.27. The molecule has 0 fully saturated rings. The molecule has 1 amide bonds. The second kappa shape index (κ2) is 6.20. The lowest BCUT2D eigenvalue weighted by Crippen LogP contribution is -2.28. The van der Waals surface area contributed by atoms with Gasteiger partial charge in [-0.25, -0.2) is 4.39 Å². The average molecular weight is 274 g/mol. The predicted octanol–water partition coefficient (Wildman–Crippen LogP) is 2.01. The molecule has 0 aliphatic heterocycles. The number of alkyl halides is 3. The molecular weight excluding hydrogens is 264 g/mol. The van der Waals surface area contributed by atoms with E-state index in [-0.39, 0.29) is 18.8 Å². The lowest BCUT2D eigenvalue weighted by atomic mass is 10.2. The number of nitrogens with one attached hydrogen (secondary N) is 2. The summed E-state index contributed by atoms with van der Waals surface area (Å²) in [6, 6.07) is 2.23. The summed E-state index contributed by atoms with van der Waals surface area (Å²) >= 11 is 0. The number of amides is 1. The highest BCUT2D eigenvalue weighted by Gasteiger charge is 2.34. The number of rotatable bonds is 4. The Morgan fingerprint density at radius 2 is 2.05 bits per heavy atom. The van der Waals surface area contributed by atoms with E-state index in [0.29, 0.717) is 12.1 Å². The highest BCUT2D eigenvalue weighted by molar-refractivity contribution is 5.92. The molecule has 0 saturated carbocycles. The second-order valence-corrected chi connectivity index (χ2v) is 3.55. The number of hydrogen-bond donors (Lipinski definition) is 2. The summed E-state index contributed by atoms with van der Waals surface area (Å²) in [5.41, 5.74) is -1.57. The Hall–Kier alpha value is -2.07. The van der Waals surface area contributed by atoms with Crippen molar-refractivity contribution in [2.24, 2.45) is 0 Å². The van der Waals surface area contributed by atoms with Crippen LogP contribution in [0, 0.1) is 18.2 Å². The Labute approximate surface area is 107 Å². The number of hydrogen-bond acceptors (Lipinski definition) is 2. The van der Waals surface area contributed by atoms with E-state index >= 15 is 0 Å². The van der Waals surface area contributed by atoms with E-state index in [0.717, 1.165) is 6.07 Å². The van der Waals surface area contributed by atoms with Gasteiger partial charge < -0.3 is 5.32 Å². The van der Waals surface area contributed by atoms with Crippen LogP contribution in [-0.2, 0) is 11.0 Å². The van der Waals surface area contributed by atoms with Gasteiger partial charge in [-0.1, -0.05) is 5.92 Å². The van der Waals surface area contributed by atoms with Gasteiger partial charge in [0.05, 0.1) is 18.7 Å². The maximum atomic E-state index is 13.0. The second-order valence-electron chi connectivity index (χ2n) is 3.55.